The molecule has 4 heterocycles. The molecule has 5 N–H and O–H groups in total. The summed E-state index contributed by atoms with van der Waals surface area (Å²) in [5.41, 5.74) is 9.43. The molecular formula is C20H19FN8OS. The fourth-order valence-corrected chi connectivity index (χ4v) is 4.81. The van der Waals surface area contributed by atoms with Gasteiger partial charge in [0.05, 0.1) is 11.3 Å². The number of nitrogen functional groups attached to an aromatic ring is 1. The number of benzene rings is 1. The van der Waals surface area contributed by atoms with Crippen LogP contribution < -0.4 is 21.8 Å². The molecule has 1 aliphatic heterocycles. The van der Waals surface area contributed by atoms with Gasteiger partial charge in [-0.25, -0.2) is 9.37 Å². The third-order valence-electron chi connectivity index (χ3n) is 5.20. The molecule has 0 unspecified atom stereocenters. The summed E-state index contributed by atoms with van der Waals surface area (Å²) in [5.74, 6) is 5.00. The number of nitrogens with two attached hydrogens (primary N) is 2. The molecule has 0 spiro atoms. The maximum Gasteiger partial charge on any atom is 0.190 e. The predicted octanol–water partition coefficient (Wildman–Crippen LogP) is 2.11. The molecule has 0 fully saturated rings. The van der Waals surface area contributed by atoms with Crippen LogP contribution in [-0.2, 0) is 12.8 Å². The molecule has 5 rings (SSSR count). The van der Waals surface area contributed by atoms with Crippen molar-refractivity contribution < 1.29 is 9.23 Å². The molecule has 4 aromatic rings. The number of fused-ring (bicyclic) bond motifs is 1. The van der Waals surface area contributed by atoms with E-state index in [0.29, 0.717) is 17.1 Å². The van der Waals surface area contributed by atoms with Gasteiger partial charge in [-0.15, -0.1) is 16.4 Å². The highest BCUT2D eigenvalue weighted by atomic mass is 32.1. The zero-order chi connectivity index (χ0) is 21.4. The van der Waals surface area contributed by atoms with Gasteiger partial charge in [0.15, 0.2) is 17.4 Å². The zero-order valence-corrected chi connectivity index (χ0v) is 17.2. The molecule has 0 bridgehead atoms. The van der Waals surface area contributed by atoms with Crippen LogP contribution in [0.3, 0.4) is 0 Å². The number of hydrogen-bond donors (Lipinski definition) is 3. The van der Waals surface area contributed by atoms with Crippen molar-refractivity contribution >= 4 is 17.2 Å². The SMILES string of the molecule is NOc1ccc(-n2nnnc2-c2cc(-c3cc4c(s3)CCNCC4)cnc2N)cc1F. The molecule has 0 aliphatic carbocycles. The highest BCUT2D eigenvalue weighted by Crippen LogP contribution is 2.36. The van der Waals surface area contributed by atoms with Crippen molar-refractivity contribution in [1.82, 2.24) is 30.5 Å². The van der Waals surface area contributed by atoms with E-state index in [2.05, 4.69) is 36.7 Å². The molecule has 0 radical (unpaired) electrons. The number of hydrogen-bond acceptors (Lipinski definition) is 9. The Morgan fingerprint density at radius 2 is 2.03 bits per heavy atom. The molecule has 0 amide bonds. The third kappa shape index (κ3) is 3.63. The van der Waals surface area contributed by atoms with Gasteiger partial charge < -0.3 is 15.9 Å². The van der Waals surface area contributed by atoms with E-state index in [0.717, 1.165) is 36.4 Å². The smallest absolute Gasteiger partial charge is 0.190 e. The van der Waals surface area contributed by atoms with Crippen molar-refractivity contribution in [1.29, 1.82) is 0 Å². The first kappa shape index (κ1) is 19.5. The van der Waals surface area contributed by atoms with Crippen LogP contribution in [-0.4, -0.2) is 38.3 Å². The van der Waals surface area contributed by atoms with E-state index in [1.54, 1.807) is 23.6 Å². The summed E-state index contributed by atoms with van der Waals surface area (Å²) < 4.78 is 15.6. The van der Waals surface area contributed by atoms with Crippen molar-refractivity contribution in [3.63, 3.8) is 0 Å². The summed E-state index contributed by atoms with van der Waals surface area (Å²) in [7, 11) is 0. The molecule has 1 aromatic carbocycles. The minimum atomic E-state index is -0.629. The quantitative estimate of drug-likeness (QED) is 0.413. The third-order valence-corrected chi connectivity index (χ3v) is 6.48. The second-order valence-electron chi connectivity index (χ2n) is 7.11. The Balaban J connectivity index is 1.56. The number of nitrogens with zero attached hydrogens (tertiary/aromatic N) is 5. The highest BCUT2D eigenvalue weighted by molar-refractivity contribution is 7.15. The first-order valence-corrected chi connectivity index (χ1v) is 10.5. The number of tetrazole rings is 1. The Labute approximate surface area is 180 Å². The summed E-state index contributed by atoms with van der Waals surface area (Å²) in [5, 5.41) is 15.3. The van der Waals surface area contributed by atoms with Crippen LogP contribution in [0, 0.1) is 5.82 Å². The summed E-state index contributed by atoms with van der Waals surface area (Å²) >= 11 is 1.77. The molecule has 0 saturated carbocycles. The first-order valence-electron chi connectivity index (χ1n) is 9.67. The lowest BCUT2D eigenvalue weighted by Crippen LogP contribution is -2.16. The summed E-state index contributed by atoms with van der Waals surface area (Å²) in [6.07, 6.45) is 3.78. The zero-order valence-electron chi connectivity index (χ0n) is 16.4. The number of thiophene rings is 1. The number of aromatic nitrogens is 5. The molecule has 11 heteroatoms. The number of halogens is 1. The van der Waals surface area contributed by atoms with Crippen molar-refractivity contribution in [2.24, 2.45) is 5.90 Å². The van der Waals surface area contributed by atoms with Gasteiger partial charge in [-0.2, -0.15) is 10.6 Å². The Morgan fingerprint density at radius 3 is 2.87 bits per heavy atom. The van der Waals surface area contributed by atoms with E-state index in [1.807, 2.05) is 6.07 Å². The lowest BCUT2D eigenvalue weighted by Gasteiger charge is -2.09. The second-order valence-corrected chi connectivity index (χ2v) is 8.25. The van der Waals surface area contributed by atoms with E-state index in [1.165, 1.54) is 27.3 Å². The van der Waals surface area contributed by atoms with Crippen LogP contribution in [0.5, 0.6) is 5.75 Å². The van der Waals surface area contributed by atoms with Crippen LogP contribution in [0.1, 0.15) is 10.4 Å². The molecule has 1 aliphatic rings. The average Bonchev–Trinajstić information content (AvgIpc) is 3.36. The molecular weight excluding hydrogens is 419 g/mol. The molecule has 158 valence electrons. The van der Waals surface area contributed by atoms with Gasteiger partial charge in [-0.3, -0.25) is 0 Å². The van der Waals surface area contributed by atoms with Crippen LogP contribution in [0.15, 0.2) is 36.5 Å². The average molecular weight is 438 g/mol. The van der Waals surface area contributed by atoms with Gasteiger partial charge in [0.2, 0.25) is 0 Å². The van der Waals surface area contributed by atoms with Gasteiger partial charge in [-0.05, 0) is 66.2 Å². The lowest BCUT2D eigenvalue weighted by atomic mass is 10.1. The summed E-state index contributed by atoms with van der Waals surface area (Å²) in [6.45, 7) is 1.96. The maximum absolute atomic E-state index is 14.2. The highest BCUT2D eigenvalue weighted by Gasteiger charge is 2.19. The van der Waals surface area contributed by atoms with Gasteiger partial charge >= 0.3 is 0 Å². The minimum Gasteiger partial charge on any atom is -0.408 e. The Morgan fingerprint density at radius 1 is 1.16 bits per heavy atom. The predicted molar refractivity (Wildman–Crippen MR) is 115 cm³/mol. The van der Waals surface area contributed by atoms with Crippen LogP contribution >= 0.6 is 11.3 Å². The fraction of sp³-hybridized carbons (Fsp3) is 0.200. The standard InChI is InChI=1S/C20H19FN8OS/c21-15-9-13(1-2-16(15)30-23)29-20(26-27-28-29)14-7-12(10-25-19(14)22)18-8-11-3-5-24-6-4-17(11)31-18/h1-2,7-10,24H,3-6,23H2,(H2,22,25). The second kappa shape index (κ2) is 8.02. The van der Waals surface area contributed by atoms with Crippen molar-refractivity contribution in [2.45, 2.75) is 12.8 Å². The summed E-state index contributed by atoms with van der Waals surface area (Å²) in [6, 6.07) is 8.38. The van der Waals surface area contributed by atoms with E-state index < -0.39 is 5.82 Å². The van der Waals surface area contributed by atoms with E-state index >= 15 is 0 Å². The van der Waals surface area contributed by atoms with E-state index in [-0.39, 0.29) is 11.6 Å². The molecule has 9 nitrogen and oxygen atoms in total. The minimum absolute atomic E-state index is 0.0748. The normalized spacial score (nSPS) is 13.6. The van der Waals surface area contributed by atoms with Crippen LogP contribution in [0.2, 0.25) is 0 Å². The Kier molecular flexibility index (Phi) is 5.06. The molecule has 3 aromatic heterocycles. The number of pyridine rings is 1. The van der Waals surface area contributed by atoms with Crippen LogP contribution in [0.4, 0.5) is 10.2 Å². The van der Waals surface area contributed by atoms with Crippen molar-refractivity contribution in [3.05, 3.63) is 52.8 Å². The number of anilines is 1. The molecule has 0 saturated heterocycles. The first-order chi connectivity index (χ1) is 15.1. The van der Waals surface area contributed by atoms with Gasteiger partial charge in [0.25, 0.3) is 0 Å². The van der Waals surface area contributed by atoms with Gasteiger partial charge in [-0.1, -0.05) is 0 Å². The van der Waals surface area contributed by atoms with Crippen LogP contribution in [0.25, 0.3) is 27.5 Å². The lowest BCUT2D eigenvalue weighted by molar-refractivity contribution is 0.315. The molecule has 31 heavy (non-hydrogen) atoms. The van der Waals surface area contributed by atoms with E-state index in [9.17, 15) is 4.39 Å². The molecule has 0 atom stereocenters. The van der Waals surface area contributed by atoms with Gasteiger partial charge in [0.1, 0.15) is 5.82 Å². The number of rotatable bonds is 4. The fourth-order valence-electron chi connectivity index (χ4n) is 3.62. The van der Waals surface area contributed by atoms with Gasteiger partial charge in [0, 0.05) is 27.6 Å². The monoisotopic (exact) mass is 438 g/mol. The van der Waals surface area contributed by atoms with E-state index in [4.69, 9.17) is 11.6 Å². The Hall–Kier alpha value is -3.41. The maximum atomic E-state index is 14.2. The Bertz CT molecular complexity index is 1230. The van der Waals surface area contributed by atoms with Crippen molar-refractivity contribution in [3.8, 4) is 33.3 Å². The summed E-state index contributed by atoms with van der Waals surface area (Å²) in [4.78, 5) is 11.4. The largest absolute Gasteiger partial charge is 0.408 e. The van der Waals surface area contributed by atoms with Crippen molar-refractivity contribution in [2.75, 3.05) is 18.8 Å². The number of nitrogens with one attached hydrogen (secondary N) is 1. The topological polar surface area (TPSA) is 130 Å².